The minimum Gasteiger partial charge on any atom is -0.387 e. The van der Waals surface area contributed by atoms with Crippen molar-refractivity contribution >= 4 is 23.9 Å². The number of nitrogens with two attached hydrogens (primary N) is 1. The maximum absolute atomic E-state index is 5.70. The fraction of sp³-hybridized carbons (Fsp3) is 0.300. The first-order chi connectivity index (χ1) is 5.86. The summed E-state index contributed by atoms with van der Waals surface area (Å²) in [5, 5.41) is 0. The van der Waals surface area contributed by atoms with Gasteiger partial charge in [0.1, 0.15) is 0 Å². The summed E-state index contributed by atoms with van der Waals surface area (Å²) >= 11 is 0. The molecule has 0 aromatic heterocycles. The van der Waals surface area contributed by atoms with Crippen molar-refractivity contribution in [1.82, 2.24) is 0 Å². The molecule has 1 aromatic rings. The van der Waals surface area contributed by atoms with E-state index in [4.69, 9.17) is 5.73 Å². The van der Waals surface area contributed by atoms with Gasteiger partial charge in [-0.1, -0.05) is 18.2 Å². The Bertz CT molecular complexity index is 320. The Balaban J connectivity index is 0.000000845. The van der Waals surface area contributed by atoms with E-state index in [1.807, 2.05) is 12.1 Å². The molecule has 2 rings (SSSR count). The molecule has 1 aromatic carbocycles. The summed E-state index contributed by atoms with van der Waals surface area (Å²) in [6.07, 6.45) is 3.14. The van der Waals surface area contributed by atoms with Crippen LogP contribution in [-0.4, -0.2) is 5.84 Å². The van der Waals surface area contributed by atoms with Gasteiger partial charge < -0.3 is 5.73 Å². The second kappa shape index (κ2) is 4.28. The van der Waals surface area contributed by atoms with E-state index in [0.29, 0.717) is 0 Å². The predicted molar refractivity (Wildman–Crippen MR) is 57.9 cm³/mol. The molecule has 1 aliphatic rings. The molecule has 0 saturated heterocycles. The van der Waals surface area contributed by atoms with Crippen LogP contribution in [0.5, 0.6) is 0 Å². The van der Waals surface area contributed by atoms with Crippen LogP contribution < -0.4 is 5.73 Å². The molecule has 0 saturated carbocycles. The summed E-state index contributed by atoms with van der Waals surface area (Å²) in [5.74, 6) is 0.764. The van der Waals surface area contributed by atoms with Crippen molar-refractivity contribution in [3.63, 3.8) is 0 Å². The third kappa shape index (κ3) is 2.22. The second-order valence-electron chi connectivity index (χ2n) is 3.09. The summed E-state index contributed by atoms with van der Waals surface area (Å²) in [4.78, 5) is 4.33. The molecule has 3 heteroatoms. The summed E-state index contributed by atoms with van der Waals surface area (Å²) in [6.45, 7) is 0. The van der Waals surface area contributed by atoms with Gasteiger partial charge in [-0.2, -0.15) is 0 Å². The average Bonchev–Trinajstić information content (AvgIpc) is 2.25. The van der Waals surface area contributed by atoms with Gasteiger partial charge in [0.05, 0.1) is 11.5 Å². The van der Waals surface area contributed by atoms with Gasteiger partial charge in [-0.3, -0.25) is 0 Å². The van der Waals surface area contributed by atoms with Gasteiger partial charge in [0.25, 0.3) is 0 Å². The molecule has 0 fully saturated rings. The lowest BCUT2D eigenvalue weighted by Crippen LogP contribution is -2.09. The Morgan fingerprint density at radius 1 is 1.15 bits per heavy atom. The van der Waals surface area contributed by atoms with Crippen LogP contribution in [0.1, 0.15) is 18.4 Å². The van der Waals surface area contributed by atoms with Crippen molar-refractivity contribution in [2.45, 2.75) is 19.3 Å². The van der Waals surface area contributed by atoms with Crippen LogP contribution in [0.15, 0.2) is 29.3 Å². The van der Waals surface area contributed by atoms with Gasteiger partial charge in [0.2, 0.25) is 0 Å². The molecule has 0 atom stereocenters. The molecular formula is C10H13ClN2. The molecule has 0 spiro atoms. The Hall–Kier alpha value is -1.02. The highest BCUT2D eigenvalue weighted by atomic mass is 35.5. The lowest BCUT2D eigenvalue weighted by molar-refractivity contribution is 0.874. The smallest absolute Gasteiger partial charge is 0.0996 e. The van der Waals surface area contributed by atoms with E-state index in [1.54, 1.807) is 0 Å². The minimum atomic E-state index is 0. The van der Waals surface area contributed by atoms with E-state index >= 15 is 0 Å². The van der Waals surface area contributed by atoms with Crippen LogP contribution in [0.25, 0.3) is 0 Å². The zero-order valence-corrected chi connectivity index (χ0v) is 8.18. The lowest BCUT2D eigenvalue weighted by atomic mass is 10.1. The van der Waals surface area contributed by atoms with Crippen LogP contribution in [0.3, 0.4) is 0 Å². The molecule has 1 heterocycles. The highest BCUT2D eigenvalue weighted by Crippen LogP contribution is 2.23. The average molecular weight is 197 g/mol. The van der Waals surface area contributed by atoms with Crippen molar-refractivity contribution in [3.8, 4) is 0 Å². The van der Waals surface area contributed by atoms with Crippen LogP contribution in [-0.2, 0) is 6.42 Å². The number of benzene rings is 1. The fourth-order valence-corrected chi connectivity index (χ4v) is 1.50. The number of amidine groups is 1. The quantitative estimate of drug-likeness (QED) is 0.680. The van der Waals surface area contributed by atoms with Crippen molar-refractivity contribution < 1.29 is 0 Å². The van der Waals surface area contributed by atoms with Gasteiger partial charge in [-0.05, 0) is 24.5 Å². The molecule has 0 aliphatic carbocycles. The fourth-order valence-electron chi connectivity index (χ4n) is 1.50. The summed E-state index contributed by atoms with van der Waals surface area (Å²) in [5.41, 5.74) is 8.07. The van der Waals surface area contributed by atoms with Crippen molar-refractivity contribution in [2.75, 3.05) is 0 Å². The van der Waals surface area contributed by atoms with E-state index < -0.39 is 0 Å². The Morgan fingerprint density at radius 2 is 1.92 bits per heavy atom. The SMILES string of the molecule is Cl.NC1=Nc2ccccc2CCC1. The summed E-state index contributed by atoms with van der Waals surface area (Å²) in [6, 6.07) is 8.20. The van der Waals surface area contributed by atoms with E-state index in [-0.39, 0.29) is 12.4 Å². The molecular weight excluding hydrogens is 184 g/mol. The largest absolute Gasteiger partial charge is 0.387 e. The van der Waals surface area contributed by atoms with Crippen molar-refractivity contribution in [2.24, 2.45) is 10.7 Å². The third-order valence-corrected chi connectivity index (χ3v) is 2.13. The lowest BCUT2D eigenvalue weighted by Gasteiger charge is -1.99. The maximum atomic E-state index is 5.70. The van der Waals surface area contributed by atoms with E-state index in [1.165, 1.54) is 5.56 Å². The third-order valence-electron chi connectivity index (χ3n) is 2.13. The summed E-state index contributed by atoms with van der Waals surface area (Å²) in [7, 11) is 0. The van der Waals surface area contributed by atoms with E-state index in [9.17, 15) is 0 Å². The Morgan fingerprint density at radius 3 is 2.77 bits per heavy atom. The van der Waals surface area contributed by atoms with Crippen LogP contribution >= 0.6 is 12.4 Å². The van der Waals surface area contributed by atoms with Crippen LogP contribution in [0.4, 0.5) is 5.69 Å². The highest BCUT2D eigenvalue weighted by Gasteiger charge is 2.06. The molecule has 70 valence electrons. The minimum absolute atomic E-state index is 0. The molecule has 0 radical (unpaired) electrons. The maximum Gasteiger partial charge on any atom is 0.0996 e. The Labute approximate surface area is 84.3 Å². The van der Waals surface area contributed by atoms with Gasteiger partial charge >= 0.3 is 0 Å². The van der Waals surface area contributed by atoms with E-state index in [0.717, 1.165) is 30.8 Å². The molecule has 1 aliphatic heterocycles. The normalized spacial score (nSPS) is 14.9. The zero-order valence-electron chi connectivity index (χ0n) is 7.36. The monoisotopic (exact) mass is 196 g/mol. The van der Waals surface area contributed by atoms with Gasteiger partial charge in [0, 0.05) is 6.42 Å². The topological polar surface area (TPSA) is 38.4 Å². The highest BCUT2D eigenvalue weighted by molar-refractivity contribution is 5.85. The van der Waals surface area contributed by atoms with E-state index in [2.05, 4.69) is 17.1 Å². The first kappa shape index (κ1) is 10.1. The van der Waals surface area contributed by atoms with Gasteiger partial charge in [-0.15, -0.1) is 12.4 Å². The first-order valence-corrected chi connectivity index (χ1v) is 4.27. The Kier molecular flexibility index (Phi) is 3.32. The molecule has 2 nitrogen and oxygen atoms in total. The molecule has 0 unspecified atom stereocenters. The number of halogens is 1. The number of aryl methyl sites for hydroxylation is 1. The predicted octanol–water partition coefficient (Wildman–Crippen LogP) is 2.43. The van der Waals surface area contributed by atoms with Crippen molar-refractivity contribution in [1.29, 1.82) is 0 Å². The van der Waals surface area contributed by atoms with Gasteiger partial charge in [-0.25, -0.2) is 4.99 Å². The summed E-state index contributed by atoms with van der Waals surface area (Å²) < 4.78 is 0. The second-order valence-corrected chi connectivity index (χ2v) is 3.09. The zero-order chi connectivity index (χ0) is 8.39. The number of fused-ring (bicyclic) bond motifs is 1. The number of aliphatic imine (C=N–C) groups is 1. The molecule has 0 amide bonds. The number of hydrogen-bond acceptors (Lipinski definition) is 2. The number of nitrogens with zero attached hydrogens (tertiary/aromatic N) is 1. The molecule has 13 heavy (non-hydrogen) atoms. The number of hydrogen-bond donors (Lipinski definition) is 1. The standard InChI is InChI=1S/C10H12N2.ClH/c11-10-7-3-5-8-4-1-2-6-9(8)12-10;/h1-2,4,6H,3,5,7H2,(H2,11,12);1H. The van der Waals surface area contributed by atoms with Crippen LogP contribution in [0, 0.1) is 0 Å². The van der Waals surface area contributed by atoms with Gasteiger partial charge in [0.15, 0.2) is 0 Å². The van der Waals surface area contributed by atoms with Crippen molar-refractivity contribution in [3.05, 3.63) is 29.8 Å². The first-order valence-electron chi connectivity index (χ1n) is 4.27. The van der Waals surface area contributed by atoms with Crippen LogP contribution in [0.2, 0.25) is 0 Å². The molecule has 0 bridgehead atoms. The number of rotatable bonds is 0. The number of para-hydroxylation sites is 1. The molecule has 2 N–H and O–H groups in total.